The number of rotatable bonds is 2. The third-order valence-electron chi connectivity index (χ3n) is 2.99. The Morgan fingerprint density at radius 2 is 1.93 bits per heavy atom. The zero-order valence-corrected chi connectivity index (χ0v) is 10.7. The van der Waals surface area contributed by atoms with E-state index in [1.54, 1.807) is 0 Å². The standard InChI is InChI=1S/C13H17ClS/c1-10-6-2-4-8-12(10)15-13-9-5-3-7-11(13)14/h2,4,6,8,11,13H,3,5,7,9H2,1H3/t11-,13-/m0/s1. The van der Waals surface area contributed by atoms with E-state index in [1.807, 2.05) is 11.8 Å². The molecule has 2 rings (SSSR count). The van der Waals surface area contributed by atoms with Crippen LogP contribution in [0, 0.1) is 6.92 Å². The number of benzene rings is 1. The van der Waals surface area contributed by atoms with Crippen LogP contribution in [0.25, 0.3) is 0 Å². The van der Waals surface area contributed by atoms with Gasteiger partial charge in [-0.15, -0.1) is 23.4 Å². The molecule has 0 nitrogen and oxygen atoms in total. The third kappa shape index (κ3) is 2.92. The molecule has 0 bridgehead atoms. The van der Waals surface area contributed by atoms with Gasteiger partial charge in [0.05, 0.1) is 0 Å². The highest BCUT2D eigenvalue weighted by Gasteiger charge is 2.24. The zero-order valence-electron chi connectivity index (χ0n) is 9.08. The van der Waals surface area contributed by atoms with E-state index in [0.717, 1.165) is 0 Å². The molecule has 0 radical (unpaired) electrons. The molecule has 0 amide bonds. The number of thioether (sulfide) groups is 1. The lowest BCUT2D eigenvalue weighted by molar-refractivity contribution is 0.522. The minimum Gasteiger partial charge on any atom is -0.122 e. The van der Waals surface area contributed by atoms with E-state index in [2.05, 4.69) is 31.2 Å². The summed E-state index contributed by atoms with van der Waals surface area (Å²) < 4.78 is 0. The molecule has 2 atom stereocenters. The lowest BCUT2D eigenvalue weighted by atomic mass is 10.00. The van der Waals surface area contributed by atoms with Crippen molar-refractivity contribution in [1.29, 1.82) is 0 Å². The Balaban J connectivity index is 2.04. The first kappa shape index (κ1) is 11.3. The first-order chi connectivity index (χ1) is 7.27. The Morgan fingerprint density at radius 3 is 2.67 bits per heavy atom. The lowest BCUT2D eigenvalue weighted by Crippen LogP contribution is -2.21. The van der Waals surface area contributed by atoms with Gasteiger partial charge in [-0.05, 0) is 31.4 Å². The fourth-order valence-electron chi connectivity index (χ4n) is 2.04. The Bertz CT molecular complexity index is 324. The Kier molecular flexibility index (Phi) is 3.99. The molecule has 15 heavy (non-hydrogen) atoms. The van der Waals surface area contributed by atoms with E-state index in [1.165, 1.54) is 36.1 Å². The summed E-state index contributed by atoms with van der Waals surface area (Å²) in [6, 6.07) is 8.59. The summed E-state index contributed by atoms with van der Waals surface area (Å²) in [4.78, 5) is 1.40. The highest BCUT2D eigenvalue weighted by molar-refractivity contribution is 8.00. The Hall–Kier alpha value is -0.140. The molecule has 0 N–H and O–H groups in total. The molecule has 1 aromatic carbocycles. The molecular formula is C13H17ClS. The summed E-state index contributed by atoms with van der Waals surface area (Å²) in [5, 5.41) is 0.977. The van der Waals surface area contributed by atoms with Gasteiger partial charge in [-0.2, -0.15) is 0 Å². The van der Waals surface area contributed by atoms with Crippen molar-refractivity contribution in [2.24, 2.45) is 0 Å². The number of alkyl halides is 1. The maximum Gasteiger partial charge on any atom is 0.0458 e. The van der Waals surface area contributed by atoms with Crippen molar-refractivity contribution in [2.45, 2.75) is 48.1 Å². The van der Waals surface area contributed by atoms with Gasteiger partial charge in [0.25, 0.3) is 0 Å². The van der Waals surface area contributed by atoms with Gasteiger partial charge in [-0.1, -0.05) is 31.0 Å². The second-order valence-corrected chi connectivity index (χ2v) is 6.06. The van der Waals surface area contributed by atoms with Crippen molar-refractivity contribution >= 4 is 23.4 Å². The molecule has 82 valence electrons. The molecule has 0 heterocycles. The van der Waals surface area contributed by atoms with Crippen molar-refractivity contribution in [3.63, 3.8) is 0 Å². The van der Waals surface area contributed by atoms with Crippen LogP contribution in [-0.2, 0) is 0 Å². The second kappa shape index (κ2) is 5.27. The van der Waals surface area contributed by atoms with E-state index in [0.29, 0.717) is 10.6 Å². The van der Waals surface area contributed by atoms with Crippen molar-refractivity contribution in [2.75, 3.05) is 0 Å². The monoisotopic (exact) mass is 240 g/mol. The van der Waals surface area contributed by atoms with Crippen molar-refractivity contribution in [3.8, 4) is 0 Å². The van der Waals surface area contributed by atoms with Gasteiger partial charge in [-0.3, -0.25) is 0 Å². The largest absolute Gasteiger partial charge is 0.122 e. The topological polar surface area (TPSA) is 0 Å². The predicted octanol–water partition coefficient (Wildman–Crippen LogP) is 4.64. The maximum atomic E-state index is 6.36. The molecule has 1 saturated carbocycles. The summed E-state index contributed by atoms with van der Waals surface area (Å²) in [5.41, 5.74) is 1.37. The van der Waals surface area contributed by atoms with Gasteiger partial charge < -0.3 is 0 Å². The highest BCUT2D eigenvalue weighted by atomic mass is 35.5. The number of hydrogen-bond donors (Lipinski definition) is 0. The van der Waals surface area contributed by atoms with Crippen molar-refractivity contribution in [1.82, 2.24) is 0 Å². The zero-order chi connectivity index (χ0) is 10.7. The van der Waals surface area contributed by atoms with Gasteiger partial charge in [0.2, 0.25) is 0 Å². The number of hydrogen-bond acceptors (Lipinski definition) is 1. The molecule has 0 saturated heterocycles. The smallest absolute Gasteiger partial charge is 0.0458 e. The molecule has 1 fully saturated rings. The van der Waals surface area contributed by atoms with E-state index in [9.17, 15) is 0 Å². The van der Waals surface area contributed by atoms with Crippen LogP contribution in [-0.4, -0.2) is 10.6 Å². The lowest BCUT2D eigenvalue weighted by Gasteiger charge is -2.26. The van der Waals surface area contributed by atoms with E-state index < -0.39 is 0 Å². The summed E-state index contributed by atoms with van der Waals surface area (Å²) in [6.07, 6.45) is 5.10. The molecule has 1 aliphatic carbocycles. The van der Waals surface area contributed by atoms with Gasteiger partial charge in [0.15, 0.2) is 0 Å². The van der Waals surface area contributed by atoms with Crippen LogP contribution < -0.4 is 0 Å². The molecule has 0 aromatic heterocycles. The van der Waals surface area contributed by atoms with Crippen LogP contribution >= 0.6 is 23.4 Å². The molecule has 0 aliphatic heterocycles. The molecule has 0 spiro atoms. The normalized spacial score (nSPS) is 26.5. The van der Waals surface area contributed by atoms with Crippen LogP contribution in [0.4, 0.5) is 0 Å². The highest BCUT2D eigenvalue weighted by Crippen LogP contribution is 2.37. The van der Waals surface area contributed by atoms with Crippen LogP contribution in [0.3, 0.4) is 0 Å². The van der Waals surface area contributed by atoms with Gasteiger partial charge >= 0.3 is 0 Å². The third-order valence-corrected chi connectivity index (χ3v) is 5.24. The molecule has 0 unspecified atom stereocenters. The summed E-state index contributed by atoms with van der Waals surface area (Å²) in [5.74, 6) is 0. The molecular weight excluding hydrogens is 224 g/mol. The van der Waals surface area contributed by atoms with Crippen LogP contribution in [0.1, 0.15) is 31.2 Å². The Labute approximate surface area is 101 Å². The summed E-state index contributed by atoms with van der Waals surface area (Å²) in [7, 11) is 0. The SMILES string of the molecule is Cc1ccccc1S[C@H]1CCCC[C@@H]1Cl. The van der Waals surface area contributed by atoms with Gasteiger partial charge in [-0.25, -0.2) is 0 Å². The summed E-state index contributed by atoms with van der Waals surface area (Å²) in [6.45, 7) is 2.17. The van der Waals surface area contributed by atoms with Crippen LogP contribution in [0.2, 0.25) is 0 Å². The molecule has 1 aliphatic rings. The number of aryl methyl sites for hydroxylation is 1. The predicted molar refractivity (Wildman–Crippen MR) is 68.9 cm³/mol. The van der Waals surface area contributed by atoms with E-state index >= 15 is 0 Å². The minimum atomic E-state index is 0.364. The number of halogens is 1. The average Bonchev–Trinajstić information content (AvgIpc) is 2.24. The Morgan fingerprint density at radius 1 is 1.20 bits per heavy atom. The second-order valence-electron chi connectivity index (χ2n) is 4.22. The van der Waals surface area contributed by atoms with E-state index in [-0.39, 0.29) is 0 Å². The molecule has 2 heteroatoms. The van der Waals surface area contributed by atoms with E-state index in [4.69, 9.17) is 11.6 Å². The first-order valence-corrected chi connectivity index (χ1v) is 6.95. The first-order valence-electron chi connectivity index (χ1n) is 5.64. The summed E-state index contributed by atoms with van der Waals surface area (Å²) >= 11 is 8.33. The van der Waals surface area contributed by atoms with Crippen molar-refractivity contribution in [3.05, 3.63) is 29.8 Å². The molecule has 1 aromatic rings. The van der Waals surface area contributed by atoms with Crippen molar-refractivity contribution < 1.29 is 0 Å². The maximum absolute atomic E-state index is 6.36. The average molecular weight is 241 g/mol. The quantitative estimate of drug-likeness (QED) is 0.679. The fraction of sp³-hybridized carbons (Fsp3) is 0.538. The van der Waals surface area contributed by atoms with Crippen LogP contribution in [0.15, 0.2) is 29.2 Å². The van der Waals surface area contributed by atoms with Gasteiger partial charge in [0.1, 0.15) is 0 Å². The van der Waals surface area contributed by atoms with Gasteiger partial charge in [0, 0.05) is 15.5 Å². The fourth-order valence-corrected chi connectivity index (χ4v) is 3.78. The minimum absolute atomic E-state index is 0.364. The van der Waals surface area contributed by atoms with Crippen LogP contribution in [0.5, 0.6) is 0 Å².